The Balaban J connectivity index is 4.62. The third kappa shape index (κ3) is 37.1. The first-order valence-corrected chi connectivity index (χ1v) is 23.1. The molecule has 3 N–H and O–H groups in total. The Morgan fingerprint density at radius 2 is 0.943 bits per heavy atom. The Kier molecular flexibility index (Phi) is 40.2. The lowest BCUT2D eigenvalue weighted by Gasteiger charge is -2.24. The highest BCUT2D eigenvalue weighted by Crippen LogP contribution is 2.17. The van der Waals surface area contributed by atoms with Gasteiger partial charge in [-0.15, -0.1) is 0 Å². The lowest BCUT2D eigenvalue weighted by atomic mass is 10.0. The quantitative estimate of drug-likeness (QED) is 0.0329. The largest absolute Gasteiger partial charge is 0.462 e. The fourth-order valence-corrected chi connectivity index (χ4v) is 7.01. The van der Waals surface area contributed by atoms with Crippen molar-refractivity contribution in [1.82, 2.24) is 5.32 Å². The van der Waals surface area contributed by atoms with Gasteiger partial charge in [-0.05, 0) is 51.4 Å². The van der Waals surface area contributed by atoms with Gasteiger partial charge in [0.05, 0.1) is 25.2 Å². The van der Waals surface area contributed by atoms with E-state index < -0.39 is 18.2 Å². The van der Waals surface area contributed by atoms with Crippen LogP contribution in [0.25, 0.3) is 0 Å². The molecule has 0 aromatic heterocycles. The van der Waals surface area contributed by atoms with Crippen LogP contribution in [0.5, 0.6) is 0 Å². The molecule has 312 valence electrons. The molecule has 0 aliphatic rings. The van der Waals surface area contributed by atoms with E-state index in [1.807, 2.05) is 0 Å². The summed E-state index contributed by atoms with van der Waals surface area (Å²) in [6.07, 6.45) is 45.2. The number of aliphatic hydroxyl groups excluding tert-OH is 2. The fraction of sp³-hybridized carbons (Fsp3) is 0.872. The highest BCUT2D eigenvalue weighted by Gasteiger charge is 2.24. The number of amides is 1. The van der Waals surface area contributed by atoms with Crippen LogP contribution >= 0.6 is 0 Å². The van der Waals surface area contributed by atoms with Gasteiger partial charge in [-0.2, -0.15) is 0 Å². The summed E-state index contributed by atoms with van der Waals surface area (Å²) in [4.78, 5) is 25.9. The number of nitrogens with one attached hydrogen (secondary N) is 1. The van der Waals surface area contributed by atoms with Crippen LogP contribution < -0.4 is 5.32 Å². The van der Waals surface area contributed by atoms with Crippen LogP contribution in [0.4, 0.5) is 0 Å². The number of carbonyl (C=O) groups excluding carboxylic acids is 2. The maximum absolute atomic E-state index is 13.1. The molecule has 0 bridgehead atoms. The van der Waals surface area contributed by atoms with Crippen LogP contribution in [-0.4, -0.2) is 46.9 Å². The lowest BCUT2D eigenvalue weighted by molar-refractivity contribution is -0.151. The Bertz CT molecular complexity index is 843. The highest BCUT2D eigenvalue weighted by molar-refractivity contribution is 5.77. The first kappa shape index (κ1) is 51.3. The summed E-state index contributed by atoms with van der Waals surface area (Å²) in [5.41, 5.74) is 0. The van der Waals surface area contributed by atoms with E-state index in [1.54, 1.807) is 0 Å². The number of ether oxygens (including phenoxy) is 1. The summed E-state index contributed by atoms with van der Waals surface area (Å²) < 4.78 is 5.89. The molecule has 0 aromatic carbocycles. The number of carbonyl (C=O) groups is 2. The zero-order valence-electron chi connectivity index (χ0n) is 35.4. The van der Waals surface area contributed by atoms with E-state index in [0.717, 1.165) is 77.0 Å². The van der Waals surface area contributed by atoms with Crippen molar-refractivity contribution in [1.29, 1.82) is 0 Å². The van der Waals surface area contributed by atoms with Gasteiger partial charge < -0.3 is 20.3 Å². The van der Waals surface area contributed by atoms with Crippen molar-refractivity contribution in [3.8, 4) is 0 Å². The molecule has 3 unspecified atom stereocenters. The Morgan fingerprint density at radius 1 is 0.547 bits per heavy atom. The van der Waals surface area contributed by atoms with Crippen LogP contribution in [0.3, 0.4) is 0 Å². The first-order chi connectivity index (χ1) is 26.0. The predicted octanol–water partition coefficient (Wildman–Crippen LogP) is 13.2. The van der Waals surface area contributed by atoms with Crippen molar-refractivity contribution in [2.45, 2.75) is 257 Å². The highest BCUT2D eigenvalue weighted by atomic mass is 16.5. The minimum absolute atomic E-state index is 0.0682. The molecule has 0 spiro atoms. The van der Waals surface area contributed by atoms with Crippen molar-refractivity contribution in [2.75, 3.05) is 6.61 Å². The SMILES string of the molecule is CCCCC/C=C/C=C/CCCCCCC(CC(=O)NC(CO)C(O)CCCCCCCCCCCCC)OC(=O)CCCCCCCCCCCC. The van der Waals surface area contributed by atoms with Crippen molar-refractivity contribution in [2.24, 2.45) is 0 Å². The number of hydrogen-bond acceptors (Lipinski definition) is 5. The number of unbranched alkanes of at least 4 members (excludes halogenated alkanes) is 26. The topological polar surface area (TPSA) is 95.9 Å². The van der Waals surface area contributed by atoms with Gasteiger partial charge in [-0.3, -0.25) is 9.59 Å². The number of allylic oxidation sites excluding steroid dienone is 4. The van der Waals surface area contributed by atoms with Crippen molar-refractivity contribution < 1.29 is 24.5 Å². The van der Waals surface area contributed by atoms with E-state index >= 15 is 0 Å². The fourth-order valence-electron chi connectivity index (χ4n) is 7.01. The zero-order chi connectivity index (χ0) is 38.9. The summed E-state index contributed by atoms with van der Waals surface area (Å²) >= 11 is 0. The summed E-state index contributed by atoms with van der Waals surface area (Å²) in [5.74, 6) is -0.489. The lowest BCUT2D eigenvalue weighted by Crippen LogP contribution is -2.46. The molecular formula is C47H89NO5. The van der Waals surface area contributed by atoms with Gasteiger partial charge in [-0.1, -0.05) is 199 Å². The van der Waals surface area contributed by atoms with Crippen LogP contribution in [0, 0.1) is 0 Å². The van der Waals surface area contributed by atoms with Crippen LogP contribution in [0.1, 0.15) is 239 Å². The number of aliphatic hydroxyl groups is 2. The van der Waals surface area contributed by atoms with Crippen LogP contribution in [-0.2, 0) is 14.3 Å². The molecule has 3 atom stereocenters. The van der Waals surface area contributed by atoms with Gasteiger partial charge in [0, 0.05) is 6.42 Å². The monoisotopic (exact) mass is 748 g/mol. The minimum atomic E-state index is -0.787. The summed E-state index contributed by atoms with van der Waals surface area (Å²) in [6.45, 7) is 6.42. The molecule has 6 nitrogen and oxygen atoms in total. The van der Waals surface area contributed by atoms with E-state index in [2.05, 4.69) is 50.4 Å². The third-order valence-corrected chi connectivity index (χ3v) is 10.6. The van der Waals surface area contributed by atoms with Gasteiger partial charge in [0.2, 0.25) is 5.91 Å². The van der Waals surface area contributed by atoms with Crippen molar-refractivity contribution in [3.05, 3.63) is 24.3 Å². The summed E-state index contributed by atoms with van der Waals surface area (Å²) in [6, 6.07) is -0.701. The van der Waals surface area contributed by atoms with E-state index in [0.29, 0.717) is 19.3 Å². The van der Waals surface area contributed by atoms with E-state index in [4.69, 9.17) is 4.74 Å². The summed E-state index contributed by atoms with van der Waals surface area (Å²) in [7, 11) is 0. The van der Waals surface area contributed by atoms with Crippen LogP contribution in [0.15, 0.2) is 24.3 Å². The smallest absolute Gasteiger partial charge is 0.306 e. The molecule has 0 saturated heterocycles. The zero-order valence-corrected chi connectivity index (χ0v) is 35.4. The Morgan fingerprint density at radius 3 is 1.43 bits per heavy atom. The number of rotatable bonds is 41. The standard InChI is InChI=1S/C47H89NO5/c1-4-7-10-13-16-19-22-23-25-26-29-32-35-38-43(53-47(52)40-37-34-31-28-21-18-15-12-9-6-3)41-46(51)48-44(42-49)45(50)39-36-33-30-27-24-20-17-14-11-8-5-2/h16,19,22-23,43-45,49-50H,4-15,17-18,20-21,24-42H2,1-3H3,(H,48,51)/b19-16+,23-22+. The van der Waals surface area contributed by atoms with Gasteiger partial charge >= 0.3 is 5.97 Å². The molecule has 0 aromatic rings. The van der Waals surface area contributed by atoms with Crippen molar-refractivity contribution >= 4 is 11.9 Å². The number of esters is 1. The maximum Gasteiger partial charge on any atom is 0.306 e. The average molecular weight is 748 g/mol. The molecule has 53 heavy (non-hydrogen) atoms. The molecule has 0 heterocycles. The molecule has 0 saturated carbocycles. The van der Waals surface area contributed by atoms with Gasteiger partial charge in [-0.25, -0.2) is 0 Å². The molecule has 0 radical (unpaired) electrons. The van der Waals surface area contributed by atoms with Gasteiger partial charge in [0.1, 0.15) is 6.10 Å². The van der Waals surface area contributed by atoms with E-state index in [-0.39, 0.29) is 24.9 Å². The Labute approximate surface area is 329 Å². The van der Waals surface area contributed by atoms with Gasteiger partial charge in [0.25, 0.3) is 0 Å². The molecule has 6 heteroatoms. The average Bonchev–Trinajstić information content (AvgIpc) is 3.15. The maximum atomic E-state index is 13.1. The molecular weight excluding hydrogens is 659 g/mol. The second-order valence-corrected chi connectivity index (χ2v) is 15.8. The second-order valence-electron chi connectivity index (χ2n) is 15.8. The molecule has 0 aliphatic carbocycles. The molecule has 0 fully saturated rings. The normalized spacial score (nSPS) is 13.5. The predicted molar refractivity (Wildman–Crippen MR) is 227 cm³/mol. The Hall–Kier alpha value is -1.66. The number of hydrogen-bond donors (Lipinski definition) is 3. The molecule has 0 aliphatic heterocycles. The molecule has 0 rings (SSSR count). The molecule has 1 amide bonds. The third-order valence-electron chi connectivity index (χ3n) is 10.6. The second kappa shape index (κ2) is 41.5. The van der Waals surface area contributed by atoms with Crippen LogP contribution in [0.2, 0.25) is 0 Å². The summed E-state index contributed by atoms with van der Waals surface area (Å²) in [5, 5.41) is 23.6. The minimum Gasteiger partial charge on any atom is -0.462 e. The van der Waals surface area contributed by atoms with E-state index in [9.17, 15) is 19.8 Å². The van der Waals surface area contributed by atoms with E-state index in [1.165, 1.54) is 116 Å². The van der Waals surface area contributed by atoms with Crippen molar-refractivity contribution in [3.63, 3.8) is 0 Å². The first-order valence-electron chi connectivity index (χ1n) is 23.1. The van der Waals surface area contributed by atoms with Gasteiger partial charge in [0.15, 0.2) is 0 Å².